The fraction of sp³-hybridized carbons (Fsp3) is 0.273. The molecule has 0 amide bonds. The van der Waals surface area contributed by atoms with Gasteiger partial charge in [0, 0.05) is 28.2 Å². The molecule has 1 aromatic carbocycles. The van der Waals surface area contributed by atoms with E-state index in [-0.39, 0.29) is 24.3 Å². The van der Waals surface area contributed by atoms with Crippen LogP contribution in [0.25, 0.3) is 10.9 Å². The Morgan fingerprint density at radius 1 is 1.40 bits per heavy atom. The van der Waals surface area contributed by atoms with Crippen LogP contribution in [0.3, 0.4) is 0 Å². The third-order valence-corrected chi connectivity index (χ3v) is 2.39. The van der Waals surface area contributed by atoms with E-state index in [1.165, 1.54) is 0 Å². The molecule has 0 fully saturated rings. The van der Waals surface area contributed by atoms with Crippen molar-refractivity contribution >= 4 is 23.3 Å². The Morgan fingerprint density at radius 3 is 2.67 bits per heavy atom. The lowest BCUT2D eigenvalue weighted by Crippen LogP contribution is -2.07. The fourth-order valence-electron chi connectivity index (χ4n) is 1.68. The number of hydrogen-bond donors (Lipinski definition) is 2. The van der Waals surface area contributed by atoms with E-state index in [4.69, 9.17) is 5.73 Å². The molecule has 0 saturated carbocycles. The zero-order valence-electron chi connectivity index (χ0n) is 8.67. The molecule has 1 heterocycles. The molecule has 0 aliphatic rings. The summed E-state index contributed by atoms with van der Waals surface area (Å²) in [7, 11) is 0. The maximum Gasteiger partial charge on any atom is 0.137 e. The summed E-state index contributed by atoms with van der Waals surface area (Å²) >= 11 is 0. The average Bonchev–Trinajstić information content (AvgIpc) is 2.46. The van der Waals surface area contributed by atoms with Crippen molar-refractivity contribution in [3.05, 3.63) is 35.3 Å². The number of aromatic nitrogens is 1. The topological polar surface area (TPSA) is 41.8 Å². The van der Waals surface area contributed by atoms with Gasteiger partial charge >= 0.3 is 0 Å². The molecule has 82 valence electrons. The number of aromatic amines is 1. The molecule has 15 heavy (non-hydrogen) atoms. The molecule has 4 heteroatoms. The number of nitrogens with one attached hydrogen (secondary N) is 1. The Kier molecular flexibility index (Phi) is 3.37. The summed E-state index contributed by atoms with van der Waals surface area (Å²) in [6.07, 6.45) is 0. The molecule has 0 unspecified atom stereocenters. The number of halogens is 2. The van der Waals surface area contributed by atoms with Crippen LogP contribution in [0.5, 0.6) is 0 Å². The molecule has 0 aliphatic carbocycles. The number of nitrogens with two attached hydrogens (primary N) is 1. The van der Waals surface area contributed by atoms with E-state index in [1.807, 2.05) is 13.0 Å². The second-order valence-electron chi connectivity index (χ2n) is 3.67. The number of hydrogen-bond acceptors (Lipinski definition) is 1. The maximum absolute atomic E-state index is 13.8. The van der Waals surface area contributed by atoms with Crippen LogP contribution in [0, 0.1) is 12.7 Å². The van der Waals surface area contributed by atoms with Gasteiger partial charge in [-0.25, -0.2) is 4.39 Å². The first-order chi connectivity index (χ1) is 6.59. The molecule has 1 aromatic heterocycles. The Balaban J connectivity index is 0.00000112. The first-order valence-corrected chi connectivity index (χ1v) is 4.63. The number of H-pyrrole nitrogens is 1. The van der Waals surface area contributed by atoms with Crippen molar-refractivity contribution in [2.24, 2.45) is 5.73 Å². The highest BCUT2D eigenvalue weighted by molar-refractivity contribution is 5.85. The molecule has 2 aromatic rings. The third kappa shape index (κ3) is 1.98. The first kappa shape index (κ1) is 12.0. The van der Waals surface area contributed by atoms with Gasteiger partial charge in [0.05, 0.1) is 0 Å². The van der Waals surface area contributed by atoms with Crippen molar-refractivity contribution in [1.29, 1.82) is 0 Å². The molecular formula is C11H14ClFN2. The standard InChI is InChI=1S/C11H13FN2.ClH/c1-6-5-9-10(14-6)4-3-8(7(2)13)11(9)12;/h3-5,7,14H,13H2,1-2H3;1H/t7-;/m1./s1. The van der Waals surface area contributed by atoms with Crippen LogP contribution in [0.2, 0.25) is 0 Å². The van der Waals surface area contributed by atoms with E-state index >= 15 is 0 Å². The minimum absolute atomic E-state index is 0. The molecule has 0 bridgehead atoms. The molecule has 0 radical (unpaired) electrons. The molecule has 3 N–H and O–H groups in total. The van der Waals surface area contributed by atoms with Gasteiger partial charge in [-0.3, -0.25) is 0 Å². The van der Waals surface area contributed by atoms with Gasteiger partial charge in [0.2, 0.25) is 0 Å². The van der Waals surface area contributed by atoms with Crippen LogP contribution >= 0.6 is 12.4 Å². The van der Waals surface area contributed by atoms with Gasteiger partial charge in [-0.15, -0.1) is 12.4 Å². The Morgan fingerprint density at radius 2 is 2.07 bits per heavy atom. The van der Waals surface area contributed by atoms with E-state index < -0.39 is 0 Å². The van der Waals surface area contributed by atoms with E-state index in [0.717, 1.165) is 11.2 Å². The van der Waals surface area contributed by atoms with Gasteiger partial charge in [0.15, 0.2) is 0 Å². The van der Waals surface area contributed by atoms with Crippen molar-refractivity contribution < 1.29 is 4.39 Å². The Hall–Kier alpha value is -1.06. The largest absolute Gasteiger partial charge is 0.359 e. The normalized spacial score (nSPS) is 12.5. The highest BCUT2D eigenvalue weighted by atomic mass is 35.5. The summed E-state index contributed by atoms with van der Waals surface area (Å²) in [6, 6.07) is 5.13. The molecule has 0 saturated heterocycles. The lowest BCUT2D eigenvalue weighted by atomic mass is 10.1. The van der Waals surface area contributed by atoms with E-state index in [9.17, 15) is 4.39 Å². The van der Waals surface area contributed by atoms with E-state index in [2.05, 4.69) is 4.98 Å². The predicted octanol–water partition coefficient (Wildman–Crippen LogP) is 3.06. The van der Waals surface area contributed by atoms with Crippen LogP contribution < -0.4 is 5.73 Å². The summed E-state index contributed by atoms with van der Waals surface area (Å²) in [5.74, 6) is -0.207. The van der Waals surface area contributed by atoms with E-state index in [1.54, 1.807) is 19.1 Å². The smallest absolute Gasteiger partial charge is 0.137 e. The maximum atomic E-state index is 13.8. The van der Waals surface area contributed by atoms with Crippen molar-refractivity contribution in [2.75, 3.05) is 0 Å². The van der Waals surface area contributed by atoms with E-state index in [0.29, 0.717) is 10.9 Å². The fourth-order valence-corrected chi connectivity index (χ4v) is 1.68. The molecule has 0 aliphatic heterocycles. The minimum Gasteiger partial charge on any atom is -0.359 e. The van der Waals surface area contributed by atoms with Gasteiger partial charge in [-0.2, -0.15) is 0 Å². The first-order valence-electron chi connectivity index (χ1n) is 4.63. The van der Waals surface area contributed by atoms with Crippen LogP contribution in [0.15, 0.2) is 18.2 Å². The number of fused-ring (bicyclic) bond motifs is 1. The zero-order chi connectivity index (χ0) is 10.3. The van der Waals surface area contributed by atoms with Crippen LogP contribution in [0.1, 0.15) is 24.2 Å². The molecule has 1 atom stereocenters. The van der Waals surface area contributed by atoms with Crippen LogP contribution in [-0.2, 0) is 0 Å². The summed E-state index contributed by atoms with van der Waals surface area (Å²) in [5.41, 5.74) is 8.01. The quantitative estimate of drug-likeness (QED) is 0.774. The summed E-state index contributed by atoms with van der Waals surface area (Å²) in [4.78, 5) is 3.08. The van der Waals surface area contributed by atoms with Gasteiger partial charge in [0.1, 0.15) is 5.82 Å². The average molecular weight is 229 g/mol. The van der Waals surface area contributed by atoms with Crippen molar-refractivity contribution in [1.82, 2.24) is 4.98 Å². The lowest BCUT2D eigenvalue weighted by Gasteiger charge is -2.07. The molecule has 2 rings (SSSR count). The second-order valence-corrected chi connectivity index (χ2v) is 3.67. The summed E-state index contributed by atoms with van der Waals surface area (Å²) in [5, 5.41) is 0.622. The van der Waals surface area contributed by atoms with Crippen LogP contribution in [-0.4, -0.2) is 4.98 Å². The Labute approximate surface area is 94.1 Å². The molecule has 0 spiro atoms. The minimum atomic E-state index is -0.269. The van der Waals surface area contributed by atoms with Crippen molar-refractivity contribution in [3.8, 4) is 0 Å². The SMILES string of the molecule is Cc1cc2c(F)c([C@@H](C)N)ccc2[nH]1.Cl. The second kappa shape index (κ2) is 4.21. The summed E-state index contributed by atoms with van der Waals surface area (Å²) in [6.45, 7) is 3.69. The highest BCUT2D eigenvalue weighted by Gasteiger charge is 2.11. The monoisotopic (exact) mass is 228 g/mol. The summed E-state index contributed by atoms with van der Waals surface area (Å²) < 4.78 is 13.8. The van der Waals surface area contributed by atoms with Gasteiger partial charge in [0.25, 0.3) is 0 Å². The third-order valence-electron chi connectivity index (χ3n) is 2.39. The van der Waals surface area contributed by atoms with Gasteiger partial charge in [-0.05, 0) is 26.0 Å². The van der Waals surface area contributed by atoms with Crippen LogP contribution in [0.4, 0.5) is 4.39 Å². The van der Waals surface area contributed by atoms with Crippen molar-refractivity contribution in [3.63, 3.8) is 0 Å². The number of aryl methyl sites for hydroxylation is 1. The molecular weight excluding hydrogens is 215 g/mol. The highest BCUT2D eigenvalue weighted by Crippen LogP contribution is 2.24. The lowest BCUT2D eigenvalue weighted by molar-refractivity contribution is 0.605. The Bertz CT molecular complexity index is 477. The number of rotatable bonds is 1. The van der Waals surface area contributed by atoms with Gasteiger partial charge < -0.3 is 10.7 Å². The zero-order valence-corrected chi connectivity index (χ0v) is 9.49. The van der Waals surface area contributed by atoms with Gasteiger partial charge in [-0.1, -0.05) is 6.07 Å². The van der Waals surface area contributed by atoms with Crippen molar-refractivity contribution in [2.45, 2.75) is 19.9 Å². The predicted molar refractivity (Wildman–Crippen MR) is 62.8 cm³/mol. The molecule has 2 nitrogen and oxygen atoms in total. The number of benzene rings is 1.